The van der Waals surface area contributed by atoms with Crippen LogP contribution in [0.2, 0.25) is 0 Å². The summed E-state index contributed by atoms with van der Waals surface area (Å²) in [6.07, 6.45) is 0. The zero-order chi connectivity index (χ0) is 13.0. The van der Waals surface area contributed by atoms with Gasteiger partial charge in [-0.15, -0.1) is 0 Å². The van der Waals surface area contributed by atoms with Crippen molar-refractivity contribution in [1.29, 1.82) is 0 Å². The standard InChI is InChI=1S/C15H12ClO2/c1-18-14(17)15(16,12-8-4-2-5-9-12)13-10-6-3-7-11-13/h2-11H,1H2. The van der Waals surface area contributed by atoms with Crippen molar-refractivity contribution in [1.82, 2.24) is 0 Å². The average Bonchev–Trinajstić information content (AvgIpc) is 2.47. The fourth-order valence-electron chi connectivity index (χ4n) is 1.84. The summed E-state index contributed by atoms with van der Waals surface area (Å²) in [6, 6.07) is 18.2. The van der Waals surface area contributed by atoms with Gasteiger partial charge in [0.1, 0.15) is 7.11 Å². The molecule has 18 heavy (non-hydrogen) atoms. The van der Waals surface area contributed by atoms with Gasteiger partial charge in [-0.1, -0.05) is 72.3 Å². The van der Waals surface area contributed by atoms with Crippen molar-refractivity contribution in [2.24, 2.45) is 0 Å². The van der Waals surface area contributed by atoms with Gasteiger partial charge in [-0.05, 0) is 11.1 Å². The van der Waals surface area contributed by atoms with Crippen LogP contribution in [-0.4, -0.2) is 5.97 Å². The Hall–Kier alpha value is -1.80. The fourth-order valence-corrected chi connectivity index (χ4v) is 2.14. The van der Waals surface area contributed by atoms with E-state index in [1.165, 1.54) is 0 Å². The van der Waals surface area contributed by atoms with Crippen LogP contribution in [0.5, 0.6) is 0 Å². The largest absolute Gasteiger partial charge is 0.460 e. The Morgan fingerprint density at radius 2 is 1.33 bits per heavy atom. The number of benzene rings is 2. The summed E-state index contributed by atoms with van der Waals surface area (Å²) < 4.78 is 4.60. The molecule has 0 heterocycles. The van der Waals surface area contributed by atoms with Gasteiger partial charge in [0.15, 0.2) is 4.87 Å². The SMILES string of the molecule is [CH2]OC(=O)C(Cl)(c1ccccc1)c1ccccc1. The highest BCUT2D eigenvalue weighted by molar-refractivity contribution is 6.36. The van der Waals surface area contributed by atoms with Gasteiger partial charge in [0.05, 0.1) is 0 Å². The third kappa shape index (κ3) is 2.12. The average molecular weight is 260 g/mol. The molecule has 0 saturated carbocycles. The summed E-state index contributed by atoms with van der Waals surface area (Å²) in [6.45, 7) is 0. The molecular formula is C15H12ClO2. The molecule has 2 aromatic rings. The highest BCUT2D eigenvalue weighted by Crippen LogP contribution is 2.37. The van der Waals surface area contributed by atoms with Gasteiger partial charge in [0, 0.05) is 0 Å². The number of esters is 1. The quantitative estimate of drug-likeness (QED) is 0.623. The van der Waals surface area contributed by atoms with Crippen LogP contribution in [0, 0.1) is 7.11 Å². The predicted molar refractivity (Wildman–Crippen MR) is 71.0 cm³/mol. The Morgan fingerprint density at radius 1 is 0.944 bits per heavy atom. The number of carbonyl (C=O) groups excluding carboxylic acids is 1. The van der Waals surface area contributed by atoms with Gasteiger partial charge in [-0.2, -0.15) is 0 Å². The number of rotatable bonds is 3. The molecule has 91 valence electrons. The molecular weight excluding hydrogens is 248 g/mol. The van der Waals surface area contributed by atoms with Crippen LogP contribution >= 0.6 is 11.6 Å². The summed E-state index contributed by atoms with van der Waals surface area (Å²) in [5, 5.41) is 0. The summed E-state index contributed by atoms with van der Waals surface area (Å²) in [5.74, 6) is -0.596. The summed E-state index contributed by atoms with van der Waals surface area (Å²) in [4.78, 5) is 10.7. The van der Waals surface area contributed by atoms with E-state index in [2.05, 4.69) is 11.8 Å². The maximum Gasteiger partial charge on any atom is 0.336 e. The first kappa shape index (κ1) is 12.7. The fraction of sp³-hybridized carbons (Fsp3) is 0.0667. The molecule has 0 amide bonds. The van der Waals surface area contributed by atoms with E-state index in [-0.39, 0.29) is 0 Å². The third-order valence-corrected chi connectivity index (χ3v) is 3.35. The van der Waals surface area contributed by atoms with E-state index in [0.29, 0.717) is 11.1 Å². The maximum absolute atomic E-state index is 12.0. The molecule has 2 rings (SSSR count). The number of hydrogen-bond donors (Lipinski definition) is 0. The van der Waals surface area contributed by atoms with E-state index < -0.39 is 10.8 Å². The second-order valence-corrected chi connectivity index (χ2v) is 4.39. The highest BCUT2D eigenvalue weighted by Gasteiger charge is 2.41. The second kappa shape index (κ2) is 5.23. The van der Waals surface area contributed by atoms with Crippen LogP contribution in [-0.2, 0) is 14.4 Å². The molecule has 0 spiro atoms. The summed E-state index contributed by atoms with van der Waals surface area (Å²) in [7, 11) is 3.17. The molecule has 0 N–H and O–H groups in total. The smallest absolute Gasteiger partial charge is 0.336 e. The van der Waals surface area contributed by atoms with Crippen molar-refractivity contribution in [3.63, 3.8) is 0 Å². The normalized spacial score (nSPS) is 11.0. The number of halogens is 1. The van der Waals surface area contributed by atoms with Crippen LogP contribution in [0.1, 0.15) is 11.1 Å². The minimum absolute atomic E-state index is 0.596. The molecule has 0 atom stereocenters. The molecule has 0 aliphatic rings. The third-order valence-electron chi connectivity index (χ3n) is 2.76. The number of carbonyl (C=O) groups is 1. The van der Waals surface area contributed by atoms with Gasteiger partial charge in [0.2, 0.25) is 0 Å². The van der Waals surface area contributed by atoms with Crippen molar-refractivity contribution in [3.8, 4) is 0 Å². The molecule has 2 nitrogen and oxygen atoms in total. The molecule has 0 fully saturated rings. The Bertz CT molecular complexity index is 483. The molecule has 0 aromatic heterocycles. The predicted octanol–water partition coefficient (Wildman–Crippen LogP) is 3.50. The number of hydrogen-bond acceptors (Lipinski definition) is 2. The van der Waals surface area contributed by atoms with Crippen molar-refractivity contribution < 1.29 is 9.53 Å². The summed E-state index contributed by atoms with van der Waals surface area (Å²) in [5.41, 5.74) is 1.32. The molecule has 0 aliphatic heterocycles. The topological polar surface area (TPSA) is 26.3 Å². The van der Waals surface area contributed by atoms with E-state index in [1.54, 1.807) is 24.3 Å². The first-order chi connectivity index (χ1) is 8.69. The van der Waals surface area contributed by atoms with Crippen molar-refractivity contribution in [2.75, 3.05) is 0 Å². The van der Waals surface area contributed by atoms with E-state index >= 15 is 0 Å². The van der Waals surface area contributed by atoms with Crippen LogP contribution in [0.3, 0.4) is 0 Å². The molecule has 0 aliphatic carbocycles. The van der Waals surface area contributed by atoms with Crippen LogP contribution in [0.4, 0.5) is 0 Å². The number of alkyl halides is 1. The van der Waals surface area contributed by atoms with Crippen molar-refractivity contribution in [3.05, 3.63) is 78.9 Å². The lowest BCUT2D eigenvalue weighted by Gasteiger charge is -2.25. The Balaban J connectivity index is 2.59. The minimum atomic E-state index is -1.36. The van der Waals surface area contributed by atoms with Crippen molar-refractivity contribution >= 4 is 17.6 Å². The van der Waals surface area contributed by atoms with Gasteiger partial charge in [-0.25, -0.2) is 4.79 Å². The van der Waals surface area contributed by atoms with E-state index in [4.69, 9.17) is 11.6 Å². The molecule has 1 radical (unpaired) electrons. The monoisotopic (exact) mass is 259 g/mol. The summed E-state index contributed by atoms with van der Waals surface area (Å²) >= 11 is 6.53. The number of ether oxygens (including phenoxy) is 1. The highest BCUT2D eigenvalue weighted by atomic mass is 35.5. The van der Waals surface area contributed by atoms with Gasteiger partial charge in [-0.3, -0.25) is 0 Å². The maximum atomic E-state index is 12.0. The van der Waals surface area contributed by atoms with Gasteiger partial charge < -0.3 is 4.74 Å². The first-order valence-electron chi connectivity index (χ1n) is 5.46. The lowest BCUT2D eigenvalue weighted by Crippen LogP contribution is -2.32. The van der Waals surface area contributed by atoms with Crippen LogP contribution in [0.25, 0.3) is 0 Å². The second-order valence-electron chi connectivity index (χ2n) is 3.82. The lowest BCUT2D eigenvalue weighted by atomic mass is 9.90. The molecule has 0 unspecified atom stereocenters. The van der Waals surface area contributed by atoms with Gasteiger partial charge >= 0.3 is 5.97 Å². The lowest BCUT2D eigenvalue weighted by molar-refractivity contribution is -0.140. The zero-order valence-corrected chi connectivity index (χ0v) is 10.4. The molecule has 0 bridgehead atoms. The first-order valence-corrected chi connectivity index (χ1v) is 5.84. The van der Waals surface area contributed by atoms with Crippen LogP contribution in [0.15, 0.2) is 60.7 Å². The molecule has 3 heteroatoms. The zero-order valence-electron chi connectivity index (χ0n) is 9.68. The minimum Gasteiger partial charge on any atom is -0.460 e. The van der Waals surface area contributed by atoms with E-state index in [0.717, 1.165) is 0 Å². The van der Waals surface area contributed by atoms with E-state index in [9.17, 15) is 4.79 Å². The Morgan fingerprint density at radius 3 is 1.67 bits per heavy atom. The Labute approximate surface area is 111 Å². The van der Waals surface area contributed by atoms with E-state index in [1.807, 2.05) is 36.4 Å². The molecule has 2 aromatic carbocycles. The molecule has 0 saturated heterocycles. The van der Waals surface area contributed by atoms with Crippen LogP contribution < -0.4 is 0 Å². The van der Waals surface area contributed by atoms with Crippen molar-refractivity contribution in [2.45, 2.75) is 4.87 Å². The van der Waals surface area contributed by atoms with Gasteiger partial charge in [0.25, 0.3) is 0 Å². The Kier molecular flexibility index (Phi) is 3.68.